The summed E-state index contributed by atoms with van der Waals surface area (Å²) in [7, 11) is -10.3. The Morgan fingerprint density at radius 1 is 0.559 bits per heavy atom. The molecule has 0 saturated heterocycles. The van der Waals surface area contributed by atoms with E-state index in [4.69, 9.17) is 23.1 Å². The van der Waals surface area contributed by atoms with Crippen molar-refractivity contribution < 1.29 is 44.5 Å². The second-order valence-electron chi connectivity index (χ2n) is 7.78. The zero-order chi connectivity index (χ0) is 26.1. The summed E-state index contributed by atoms with van der Waals surface area (Å²) in [6.07, 6.45) is 10.5. The minimum atomic E-state index is -5.34. The molecule has 0 aromatic rings. The van der Waals surface area contributed by atoms with Crippen LogP contribution in [0.15, 0.2) is 0 Å². The first-order chi connectivity index (χ1) is 16.1. The van der Waals surface area contributed by atoms with Crippen molar-refractivity contribution in [3.63, 3.8) is 0 Å². The van der Waals surface area contributed by atoms with E-state index in [1.54, 1.807) is 0 Å². The average Bonchev–Trinajstić information content (AvgIpc) is 2.76. The van der Waals surface area contributed by atoms with Gasteiger partial charge in [0.05, 0.1) is 6.61 Å². The fourth-order valence-corrected chi connectivity index (χ4v) is 6.67. The van der Waals surface area contributed by atoms with E-state index >= 15 is 0 Å². The van der Waals surface area contributed by atoms with E-state index in [0.29, 0.717) is 6.42 Å². The third-order valence-corrected chi connectivity index (χ3v) is 8.07. The molecule has 0 fully saturated rings. The maximum atomic E-state index is 13.3. The molecule has 0 rings (SSSR count). The van der Waals surface area contributed by atoms with Gasteiger partial charge in [0.25, 0.3) is 0 Å². The SMILES string of the molecule is CCCCCCCCCCCCOS(=O)(=O)C(OCC)(OCC)C(OCC)(OCC)S(=O)(=O)O. The van der Waals surface area contributed by atoms with Crippen molar-refractivity contribution in [2.45, 2.75) is 109 Å². The second-order valence-corrected chi connectivity index (χ2v) is 10.9. The van der Waals surface area contributed by atoms with Gasteiger partial charge in [0.15, 0.2) is 0 Å². The summed E-state index contributed by atoms with van der Waals surface area (Å²) < 4.78 is 88.0. The van der Waals surface area contributed by atoms with Gasteiger partial charge in [-0.05, 0) is 34.1 Å². The summed E-state index contributed by atoms with van der Waals surface area (Å²) in [6.45, 7) is 6.46. The molecule has 0 aromatic carbocycles. The largest absolute Gasteiger partial charge is 0.374 e. The second kappa shape index (κ2) is 17.2. The lowest BCUT2D eigenvalue weighted by atomic mass is 10.1. The predicted molar refractivity (Wildman–Crippen MR) is 130 cm³/mol. The first kappa shape index (κ1) is 33.7. The van der Waals surface area contributed by atoms with Crippen molar-refractivity contribution in [3.05, 3.63) is 0 Å². The highest BCUT2D eigenvalue weighted by molar-refractivity contribution is 7.91. The monoisotopic (exact) mass is 534 g/mol. The van der Waals surface area contributed by atoms with E-state index in [9.17, 15) is 21.4 Å². The van der Waals surface area contributed by atoms with E-state index in [2.05, 4.69) is 6.92 Å². The highest BCUT2D eigenvalue weighted by atomic mass is 32.2. The molecule has 0 aliphatic rings. The van der Waals surface area contributed by atoms with Crippen molar-refractivity contribution in [2.24, 2.45) is 0 Å². The van der Waals surface area contributed by atoms with E-state index in [1.165, 1.54) is 59.8 Å². The van der Waals surface area contributed by atoms with Crippen molar-refractivity contribution in [1.29, 1.82) is 0 Å². The molecule has 1 N–H and O–H groups in total. The van der Waals surface area contributed by atoms with Crippen molar-refractivity contribution in [2.75, 3.05) is 33.0 Å². The number of hydrogen-bond donors (Lipinski definition) is 1. The van der Waals surface area contributed by atoms with Crippen LogP contribution in [0.25, 0.3) is 0 Å². The Morgan fingerprint density at radius 3 is 1.26 bits per heavy atom. The van der Waals surface area contributed by atoms with Crippen LogP contribution < -0.4 is 0 Å². The summed E-state index contributed by atoms with van der Waals surface area (Å²) in [5.41, 5.74) is 0. The fraction of sp³-hybridized carbons (Fsp3) is 1.00. The van der Waals surface area contributed by atoms with Gasteiger partial charge in [-0.2, -0.15) is 16.8 Å². The van der Waals surface area contributed by atoms with Crippen LogP contribution in [-0.4, -0.2) is 64.7 Å². The molecular formula is C22H46O10S2. The molecule has 0 radical (unpaired) electrons. The molecule has 0 unspecified atom stereocenters. The van der Waals surface area contributed by atoms with Gasteiger partial charge in [-0.15, -0.1) is 0 Å². The topological polar surface area (TPSA) is 135 Å². The predicted octanol–water partition coefficient (Wildman–Crippen LogP) is 4.60. The number of rotatable bonds is 23. The molecule has 0 aliphatic carbocycles. The molecule has 0 heterocycles. The molecule has 0 bridgehead atoms. The van der Waals surface area contributed by atoms with Crippen LogP contribution in [-0.2, 0) is 43.4 Å². The molecule has 0 spiro atoms. The van der Waals surface area contributed by atoms with Crippen LogP contribution in [0.4, 0.5) is 0 Å². The highest BCUT2D eigenvalue weighted by Crippen LogP contribution is 2.42. The Morgan fingerprint density at radius 2 is 0.912 bits per heavy atom. The zero-order valence-corrected chi connectivity index (χ0v) is 23.2. The average molecular weight is 535 g/mol. The van der Waals surface area contributed by atoms with Crippen LogP contribution in [0.1, 0.15) is 98.8 Å². The van der Waals surface area contributed by atoms with E-state index < -0.39 is 30.5 Å². The lowest BCUT2D eigenvalue weighted by molar-refractivity contribution is -0.334. The third kappa shape index (κ3) is 9.27. The fourth-order valence-electron chi connectivity index (χ4n) is 3.64. The van der Waals surface area contributed by atoms with Crippen LogP contribution in [0.5, 0.6) is 0 Å². The molecule has 12 heteroatoms. The summed E-state index contributed by atoms with van der Waals surface area (Å²) in [5, 5.41) is -6.30. The van der Waals surface area contributed by atoms with Gasteiger partial charge < -0.3 is 18.9 Å². The molecule has 0 atom stereocenters. The summed E-state index contributed by atoms with van der Waals surface area (Å²) in [5.74, 6) is 0. The molecule has 10 nitrogen and oxygen atoms in total. The van der Waals surface area contributed by atoms with E-state index in [1.807, 2.05) is 0 Å². The van der Waals surface area contributed by atoms with Gasteiger partial charge in [0.2, 0.25) is 0 Å². The minimum Gasteiger partial charge on any atom is -0.331 e. The van der Waals surface area contributed by atoms with Gasteiger partial charge in [-0.3, -0.25) is 8.74 Å². The van der Waals surface area contributed by atoms with Gasteiger partial charge in [-0.1, -0.05) is 64.7 Å². The van der Waals surface area contributed by atoms with Crippen molar-refractivity contribution >= 4 is 20.2 Å². The normalized spacial score (nSPS) is 13.5. The van der Waals surface area contributed by atoms with Gasteiger partial charge >= 0.3 is 30.5 Å². The van der Waals surface area contributed by atoms with Crippen LogP contribution in [0.3, 0.4) is 0 Å². The summed E-state index contributed by atoms with van der Waals surface area (Å²) >= 11 is 0. The Balaban J connectivity index is 5.43. The number of unbranched alkanes of at least 4 members (excludes halogenated alkanes) is 9. The van der Waals surface area contributed by atoms with Crippen LogP contribution in [0.2, 0.25) is 0 Å². The van der Waals surface area contributed by atoms with E-state index in [-0.39, 0.29) is 33.0 Å². The molecule has 0 amide bonds. The number of ether oxygens (including phenoxy) is 4. The van der Waals surface area contributed by atoms with Gasteiger partial charge in [0.1, 0.15) is 0 Å². The quantitative estimate of drug-likeness (QED) is 0.0857. The Bertz CT molecular complexity index is 710. The number of hydrogen-bond acceptors (Lipinski definition) is 9. The maximum Gasteiger partial charge on any atom is 0.374 e. The first-order valence-corrected chi connectivity index (χ1v) is 15.3. The lowest BCUT2D eigenvalue weighted by Crippen LogP contribution is -2.68. The Kier molecular flexibility index (Phi) is 17.0. The summed E-state index contributed by atoms with van der Waals surface area (Å²) in [6, 6.07) is 0. The summed E-state index contributed by atoms with van der Waals surface area (Å²) in [4.78, 5) is 0. The molecule has 0 aliphatic heterocycles. The molecule has 206 valence electrons. The maximum absolute atomic E-state index is 13.3. The minimum absolute atomic E-state index is 0.208. The van der Waals surface area contributed by atoms with Crippen LogP contribution >= 0.6 is 0 Å². The molecule has 0 aromatic heterocycles. The third-order valence-electron chi connectivity index (χ3n) is 5.12. The van der Waals surface area contributed by atoms with E-state index in [0.717, 1.165) is 25.7 Å². The van der Waals surface area contributed by atoms with Crippen molar-refractivity contribution in [1.82, 2.24) is 0 Å². The highest BCUT2D eigenvalue weighted by Gasteiger charge is 2.74. The molecule has 0 saturated carbocycles. The smallest absolute Gasteiger partial charge is 0.331 e. The standard InChI is InChI=1S/C22H46O10S2/c1-6-11-12-13-14-15-16-17-18-19-20-32-34(26,27)22(30-9-4,31-10-5)21(28-7-2,29-8-3)33(23,24)25/h6-20H2,1-5H3,(H,23,24,25). The first-order valence-electron chi connectivity index (χ1n) is 12.5. The Hall–Kier alpha value is -0.340. The Labute approximate surface area is 206 Å². The van der Waals surface area contributed by atoms with Crippen molar-refractivity contribution in [3.8, 4) is 0 Å². The molecular weight excluding hydrogens is 488 g/mol. The van der Waals surface area contributed by atoms with Gasteiger partial charge in [-0.25, -0.2) is 0 Å². The zero-order valence-electron chi connectivity index (χ0n) is 21.5. The van der Waals surface area contributed by atoms with Gasteiger partial charge in [0, 0.05) is 26.4 Å². The molecule has 34 heavy (non-hydrogen) atoms. The lowest BCUT2D eigenvalue weighted by Gasteiger charge is -2.43. The van der Waals surface area contributed by atoms with Crippen LogP contribution in [0, 0.1) is 0 Å².